The number of fused-ring (bicyclic) bond motifs is 1. The van der Waals surface area contributed by atoms with Crippen LogP contribution in [0, 0.1) is 11.3 Å². The summed E-state index contributed by atoms with van der Waals surface area (Å²) >= 11 is 0. The van der Waals surface area contributed by atoms with E-state index in [0.717, 1.165) is 12.1 Å². The van der Waals surface area contributed by atoms with Gasteiger partial charge in [0.25, 0.3) is 0 Å². The molecule has 0 fully saturated rings. The highest BCUT2D eigenvalue weighted by atomic mass is 32.2. The number of halogens is 3. The Kier molecular flexibility index (Phi) is 4.26. The maximum atomic E-state index is 13.0. The molecular weight excluding hydrogens is 359 g/mol. The zero-order chi connectivity index (χ0) is 18.2. The molecule has 2 heterocycles. The minimum Gasteiger partial charge on any atom is -0.248 e. The molecule has 0 aliphatic carbocycles. The molecule has 0 saturated heterocycles. The van der Waals surface area contributed by atoms with Crippen molar-refractivity contribution in [2.45, 2.75) is 36.5 Å². The number of sulfonamides is 1. The summed E-state index contributed by atoms with van der Waals surface area (Å²) < 4.78 is 68.0. The number of aromatic nitrogens is 3. The monoisotopic (exact) mass is 371 g/mol. The van der Waals surface area contributed by atoms with Gasteiger partial charge in [0.05, 0.1) is 28.1 Å². The van der Waals surface area contributed by atoms with Crippen LogP contribution >= 0.6 is 0 Å². The van der Waals surface area contributed by atoms with Crippen molar-refractivity contribution in [2.75, 3.05) is 0 Å². The molecule has 1 N–H and O–H groups in total. The number of aryl methyl sites for hydroxylation is 1. The Hall–Kier alpha value is -2.45. The van der Waals surface area contributed by atoms with E-state index >= 15 is 0 Å². The first kappa shape index (κ1) is 17.4. The van der Waals surface area contributed by atoms with Gasteiger partial charge in [-0.15, -0.1) is 0 Å². The van der Waals surface area contributed by atoms with Gasteiger partial charge < -0.3 is 0 Å². The summed E-state index contributed by atoms with van der Waals surface area (Å²) in [5.74, 6) is 0.416. The van der Waals surface area contributed by atoms with Crippen LogP contribution in [-0.2, 0) is 22.7 Å². The lowest BCUT2D eigenvalue weighted by Gasteiger charge is -2.23. The molecule has 1 aliphatic heterocycles. The van der Waals surface area contributed by atoms with E-state index in [1.54, 1.807) is 4.68 Å². The first-order chi connectivity index (χ1) is 11.7. The van der Waals surface area contributed by atoms with E-state index in [1.165, 1.54) is 12.4 Å². The highest BCUT2D eigenvalue weighted by Gasteiger charge is 2.35. The summed E-state index contributed by atoms with van der Waals surface area (Å²) in [5, 5.41) is 12.8. The Morgan fingerprint density at radius 3 is 2.80 bits per heavy atom. The van der Waals surface area contributed by atoms with Gasteiger partial charge in [0.1, 0.15) is 12.2 Å². The van der Waals surface area contributed by atoms with Crippen LogP contribution in [-0.4, -0.2) is 23.2 Å². The molecule has 0 bridgehead atoms. The number of hydrogen-bond donors (Lipinski definition) is 1. The quantitative estimate of drug-likeness (QED) is 0.889. The lowest BCUT2D eigenvalue weighted by Crippen LogP contribution is -2.33. The largest absolute Gasteiger partial charge is 0.417 e. The summed E-state index contributed by atoms with van der Waals surface area (Å²) in [6, 6.07) is 3.03. The molecule has 0 amide bonds. The van der Waals surface area contributed by atoms with E-state index in [0.29, 0.717) is 31.3 Å². The van der Waals surface area contributed by atoms with E-state index in [-0.39, 0.29) is 0 Å². The molecule has 7 nitrogen and oxygen atoms in total. The topological polar surface area (TPSA) is 101 Å². The van der Waals surface area contributed by atoms with Gasteiger partial charge in [-0.1, -0.05) is 0 Å². The normalized spacial score (nSPS) is 17.8. The fourth-order valence-electron chi connectivity index (χ4n) is 2.68. The summed E-state index contributed by atoms with van der Waals surface area (Å²) in [5.41, 5.74) is -1.92. The number of rotatable bonds is 3. The van der Waals surface area contributed by atoms with Crippen LogP contribution in [0.5, 0.6) is 0 Å². The van der Waals surface area contributed by atoms with Crippen LogP contribution in [0.1, 0.15) is 35.8 Å². The lowest BCUT2D eigenvalue weighted by molar-refractivity contribution is -0.137. The van der Waals surface area contributed by atoms with Gasteiger partial charge in [-0.2, -0.15) is 23.5 Å². The first-order valence-electron chi connectivity index (χ1n) is 7.24. The van der Waals surface area contributed by atoms with Crippen molar-refractivity contribution in [1.82, 2.24) is 19.5 Å². The van der Waals surface area contributed by atoms with Crippen LogP contribution in [0.3, 0.4) is 0 Å². The zero-order valence-corrected chi connectivity index (χ0v) is 13.5. The number of nitrogens with one attached hydrogen (secondary N) is 1. The van der Waals surface area contributed by atoms with Gasteiger partial charge in [0.2, 0.25) is 10.0 Å². The highest BCUT2D eigenvalue weighted by molar-refractivity contribution is 7.89. The minimum atomic E-state index is -4.83. The predicted molar refractivity (Wildman–Crippen MR) is 78.5 cm³/mol. The molecule has 25 heavy (non-hydrogen) atoms. The van der Waals surface area contributed by atoms with Crippen molar-refractivity contribution >= 4 is 10.0 Å². The molecule has 0 spiro atoms. The maximum absolute atomic E-state index is 13.0. The van der Waals surface area contributed by atoms with Gasteiger partial charge in [-0.3, -0.25) is 0 Å². The average molecular weight is 371 g/mol. The summed E-state index contributed by atoms with van der Waals surface area (Å²) in [4.78, 5) is 3.44. The lowest BCUT2D eigenvalue weighted by atomic mass is 10.1. The third kappa shape index (κ3) is 3.35. The molecule has 132 valence electrons. The fourth-order valence-corrected chi connectivity index (χ4v) is 3.93. The molecule has 2 aromatic rings. The van der Waals surface area contributed by atoms with Crippen molar-refractivity contribution in [1.29, 1.82) is 5.26 Å². The third-order valence-corrected chi connectivity index (χ3v) is 5.31. The van der Waals surface area contributed by atoms with E-state index < -0.39 is 38.3 Å². The molecule has 0 radical (unpaired) electrons. The predicted octanol–water partition coefficient (Wildman–Crippen LogP) is 1.98. The van der Waals surface area contributed by atoms with Crippen LogP contribution in [0.25, 0.3) is 0 Å². The number of nitriles is 1. The maximum Gasteiger partial charge on any atom is 0.417 e. The van der Waals surface area contributed by atoms with Crippen molar-refractivity contribution in [2.24, 2.45) is 0 Å². The van der Waals surface area contributed by atoms with Crippen molar-refractivity contribution in [3.8, 4) is 6.07 Å². The second-order valence-electron chi connectivity index (χ2n) is 5.47. The van der Waals surface area contributed by atoms with E-state index in [2.05, 4.69) is 14.8 Å². The Labute approximate surface area is 141 Å². The average Bonchev–Trinajstić information content (AvgIpc) is 3.03. The van der Waals surface area contributed by atoms with Crippen molar-refractivity contribution in [3.63, 3.8) is 0 Å². The number of alkyl halides is 3. The van der Waals surface area contributed by atoms with Crippen LogP contribution in [0.4, 0.5) is 13.2 Å². The molecule has 1 aromatic heterocycles. The first-order valence-corrected chi connectivity index (χ1v) is 8.72. The molecule has 1 aliphatic rings. The minimum absolute atomic E-state index is 0.416. The molecule has 0 saturated carbocycles. The zero-order valence-electron chi connectivity index (χ0n) is 12.7. The molecule has 0 unspecified atom stereocenters. The molecular formula is C14H12F3N5O2S. The molecule has 1 atom stereocenters. The molecule has 11 heteroatoms. The summed E-state index contributed by atoms with van der Waals surface area (Å²) in [6.45, 7) is 0.600. The summed E-state index contributed by atoms with van der Waals surface area (Å²) in [7, 11) is -4.23. The fraction of sp³-hybridized carbons (Fsp3) is 0.357. The van der Waals surface area contributed by atoms with Gasteiger partial charge in [0, 0.05) is 6.54 Å². The van der Waals surface area contributed by atoms with Crippen LogP contribution in [0.15, 0.2) is 29.4 Å². The van der Waals surface area contributed by atoms with E-state index in [1.807, 2.05) is 0 Å². The van der Waals surface area contributed by atoms with Gasteiger partial charge in [0.15, 0.2) is 0 Å². The Morgan fingerprint density at radius 1 is 1.36 bits per heavy atom. The SMILES string of the molecule is N#Cc1ccc(S(=O)(=O)N[C@@H]2CCCn3ncnc32)cc1C(F)(F)F. The van der Waals surface area contributed by atoms with E-state index in [9.17, 15) is 21.6 Å². The van der Waals surface area contributed by atoms with E-state index in [4.69, 9.17) is 5.26 Å². The van der Waals surface area contributed by atoms with Gasteiger partial charge in [-0.05, 0) is 31.0 Å². The second kappa shape index (κ2) is 6.12. The Morgan fingerprint density at radius 2 is 2.12 bits per heavy atom. The van der Waals surface area contributed by atoms with Crippen LogP contribution in [0.2, 0.25) is 0 Å². The Bertz CT molecular complexity index is 946. The smallest absolute Gasteiger partial charge is 0.248 e. The van der Waals surface area contributed by atoms with Crippen molar-refractivity contribution in [3.05, 3.63) is 41.5 Å². The Balaban J connectivity index is 1.96. The number of benzene rings is 1. The van der Waals surface area contributed by atoms with Gasteiger partial charge in [-0.25, -0.2) is 22.8 Å². The van der Waals surface area contributed by atoms with Gasteiger partial charge >= 0.3 is 6.18 Å². The third-order valence-electron chi connectivity index (χ3n) is 3.84. The number of hydrogen-bond acceptors (Lipinski definition) is 5. The molecule has 1 aromatic carbocycles. The van der Waals surface area contributed by atoms with Crippen LogP contribution < -0.4 is 4.72 Å². The van der Waals surface area contributed by atoms with Crippen molar-refractivity contribution < 1.29 is 21.6 Å². The molecule has 3 rings (SSSR count). The summed E-state index contributed by atoms with van der Waals surface area (Å²) in [6.07, 6.45) is -2.42. The highest BCUT2D eigenvalue weighted by Crippen LogP contribution is 2.34. The standard InChI is InChI=1S/C14H12F3N5O2S/c15-14(16,17)11-6-10(4-3-9(11)7-18)25(23,24)21-12-2-1-5-22-13(12)19-8-20-22/h3-4,6,8,12,21H,1-2,5H2/t12-/m1/s1. The second-order valence-corrected chi connectivity index (χ2v) is 7.19. The number of nitrogens with zero attached hydrogens (tertiary/aromatic N) is 4.